The van der Waals surface area contributed by atoms with Crippen LogP contribution in [0.15, 0.2) is 67.4 Å². The third kappa shape index (κ3) is 3.56. The Morgan fingerprint density at radius 3 is 2.56 bits per heavy atom. The molecule has 1 atom stereocenters. The van der Waals surface area contributed by atoms with Gasteiger partial charge in [-0.2, -0.15) is 0 Å². The number of pyridine rings is 2. The third-order valence-corrected chi connectivity index (χ3v) is 5.92. The number of halogens is 1. The fourth-order valence-corrected chi connectivity index (χ4v) is 4.30. The van der Waals surface area contributed by atoms with Crippen molar-refractivity contribution < 1.29 is 9.13 Å². The molecule has 1 aliphatic rings. The largest absolute Gasteiger partial charge is 0.496 e. The summed E-state index contributed by atoms with van der Waals surface area (Å²) in [5, 5.41) is 0. The first-order chi connectivity index (χ1) is 15.7. The van der Waals surface area contributed by atoms with E-state index in [1.54, 1.807) is 56.2 Å². The molecule has 0 aliphatic carbocycles. The van der Waals surface area contributed by atoms with Crippen molar-refractivity contribution in [3.8, 4) is 28.4 Å². The molecular weight excluding hydrogens is 405 g/mol. The Morgan fingerprint density at radius 2 is 1.81 bits per heavy atom. The molecule has 1 aliphatic heterocycles. The molecule has 0 bridgehead atoms. The second kappa shape index (κ2) is 8.34. The van der Waals surface area contributed by atoms with Gasteiger partial charge in [0.15, 0.2) is 5.82 Å². The number of aromatic nitrogens is 4. The molecule has 0 saturated carbocycles. The van der Waals surface area contributed by atoms with E-state index in [2.05, 4.69) is 37.8 Å². The highest BCUT2D eigenvalue weighted by molar-refractivity contribution is 5.74. The van der Waals surface area contributed by atoms with E-state index >= 15 is 4.39 Å². The number of nitrogens with zero attached hydrogens (tertiary/aromatic N) is 5. The van der Waals surface area contributed by atoms with Gasteiger partial charge in [0.25, 0.3) is 0 Å². The Morgan fingerprint density at radius 1 is 1.03 bits per heavy atom. The Balaban J connectivity index is 1.49. The van der Waals surface area contributed by atoms with Crippen LogP contribution >= 0.6 is 0 Å². The standard InChI is InChI=1S/C25H22FN5O/c1-16-20-15-30-22(25-28-7-3-8-29-25)12-18(20)6-11-31(16)19-13-21(26)24(23(14-19)32-2)17-4-9-27-10-5-17/h3-5,7-10,12-16H,6,11H2,1-2H3. The Hall–Kier alpha value is -3.87. The zero-order valence-electron chi connectivity index (χ0n) is 17.9. The molecule has 4 aromatic rings. The van der Waals surface area contributed by atoms with E-state index in [0.29, 0.717) is 17.1 Å². The highest BCUT2D eigenvalue weighted by atomic mass is 19.1. The highest BCUT2D eigenvalue weighted by Crippen LogP contribution is 2.40. The number of rotatable bonds is 4. The van der Waals surface area contributed by atoms with E-state index < -0.39 is 0 Å². The molecule has 0 spiro atoms. The lowest BCUT2D eigenvalue weighted by molar-refractivity contribution is 0.413. The molecule has 6 nitrogen and oxygen atoms in total. The van der Waals surface area contributed by atoms with E-state index in [-0.39, 0.29) is 11.9 Å². The van der Waals surface area contributed by atoms with Gasteiger partial charge in [-0.25, -0.2) is 14.4 Å². The zero-order valence-corrected chi connectivity index (χ0v) is 17.9. The first-order valence-electron chi connectivity index (χ1n) is 10.5. The van der Waals surface area contributed by atoms with Crippen molar-refractivity contribution in [2.45, 2.75) is 19.4 Å². The molecule has 32 heavy (non-hydrogen) atoms. The molecule has 1 unspecified atom stereocenters. The van der Waals surface area contributed by atoms with Crippen molar-refractivity contribution in [1.29, 1.82) is 0 Å². The predicted octanol–water partition coefficient (Wildman–Crippen LogP) is 4.87. The van der Waals surface area contributed by atoms with Crippen LogP contribution in [-0.4, -0.2) is 33.6 Å². The molecule has 4 heterocycles. The summed E-state index contributed by atoms with van der Waals surface area (Å²) in [4.78, 5) is 19.4. The lowest BCUT2D eigenvalue weighted by atomic mass is 9.93. The van der Waals surface area contributed by atoms with Crippen molar-refractivity contribution in [2.75, 3.05) is 18.6 Å². The molecule has 5 rings (SSSR count). The second-order valence-electron chi connectivity index (χ2n) is 7.70. The van der Waals surface area contributed by atoms with E-state index in [1.165, 1.54) is 5.56 Å². The van der Waals surface area contributed by atoms with Gasteiger partial charge >= 0.3 is 0 Å². The van der Waals surface area contributed by atoms with Gasteiger partial charge in [0.1, 0.15) is 17.3 Å². The molecule has 0 radical (unpaired) electrons. The summed E-state index contributed by atoms with van der Waals surface area (Å²) in [5.41, 5.74) is 5.06. The second-order valence-corrected chi connectivity index (χ2v) is 7.70. The van der Waals surface area contributed by atoms with Crippen molar-refractivity contribution in [3.63, 3.8) is 0 Å². The average Bonchev–Trinajstić information content (AvgIpc) is 2.84. The average molecular weight is 427 g/mol. The Labute approximate surface area is 185 Å². The zero-order chi connectivity index (χ0) is 22.1. The Kier molecular flexibility index (Phi) is 5.23. The summed E-state index contributed by atoms with van der Waals surface area (Å²) in [7, 11) is 1.56. The van der Waals surface area contributed by atoms with Crippen LogP contribution < -0.4 is 9.64 Å². The molecule has 7 heteroatoms. The van der Waals surface area contributed by atoms with Crippen LogP contribution in [-0.2, 0) is 6.42 Å². The highest BCUT2D eigenvalue weighted by Gasteiger charge is 2.27. The molecule has 160 valence electrons. The molecule has 0 N–H and O–H groups in total. The Bertz CT molecular complexity index is 1250. The van der Waals surface area contributed by atoms with E-state index in [4.69, 9.17) is 4.74 Å². The number of hydrogen-bond donors (Lipinski definition) is 0. The number of anilines is 1. The summed E-state index contributed by atoms with van der Waals surface area (Å²) in [6.07, 6.45) is 9.42. The maximum Gasteiger partial charge on any atom is 0.178 e. The van der Waals surface area contributed by atoms with Crippen molar-refractivity contribution >= 4 is 5.69 Å². The van der Waals surface area contributed by atoms with Crippen LogP contribution in [0.4, 0.5) is 10.1 Å². The van der Waals surface area contributed by atoms with Gasteiger partial charge in [0.05, 0.1) is 18.7 Å². The minimum atomic E-state index is -0.321. The molecule has 0 fully saturated rings. The maximum atomic E-state index is 15.2. The SMILES string of the molecule is COc1cc(N2CCc3cc(-c4ncccn4)ncc3C2C)cc(F)c1-c1ccncc1. The summed E-state index contributed by atoms with van der Waals surface area (Å²) in [6, 6.07) is 10.9. The monoisotopic (exact) mass is 427 g/mol. The topological polar surface area (TPSA) is 64.0 Å². The normalized spacial score (nSPS) is 15.3. The smallest absolute Gasteiger partial charge is 0.178 e. The number of fused-ring (bicyclic) bond motifs is 1. The van der Waals surface area contributed by atoms with Gasteiger partial charge < -0.3 is 9.64 Å². The fraction of sp³-hybridized carbons (Fsp3) is 0.200. The maximum absolute atomic E-state index is 15.2. The van der Waals surface area contributed by atoms with Crippen LogP contribution in [0.2, 0.25) is 0 Å². The summed E-state index contributed by atoms with van der Waals surface area (Å²) in [6.45, 7) is 2.87. The summed E-state index contributed by atoms with van der Waals surface area (Å²) < 4.78 is 20.8. The van der Waals surface area contributed by atoms with Gasteiger partial charge in [0, 0.05) is 49.3 Å². The number of methoxy groups -OCH3 is 1. The molecular formula is C25H22FN5O. The van der Waals surface area contributed by atoms with Crippen LogP contribution in [0.25, 0.3) is 22.6 Å². The summed E-state index contributed by atoms with van der Waals surface area (Å²) >= 11 is 0. The minimum absolute atomic E-state index is 0.0351. The van der Waals surface area contributed by atoms with E-state index in [0.717, 1.165) is 35.5 Å². The van der Waals surface area contributed by atoms with Crippen molar-refractivity contribution in [1.82, 2.24) is 19.9 Å². The van der Waals surface area contributed by atoms with Crippen LogP contribution in [0, 0.1) is 5.82 Å². The molecule has 0 amide bonds. The van der Waals surface area contributed by atoms with Gasteiger partial charge in [0.2, 0.25) is 0 Å². The third-order valence-electron chi connectivity index (χ3n) is 5.92. The molecule has 1 aromatic carbocycles. The van der Waals surface area contributed by atoms with Crippen molar-refractivity contribution in [3.05, 3.63) is 84.3 Å². The summed E-state index contributed by atoms with van der Waals surface area (Å²) in [5.74, 6) is 0.793. The lowest BCUT2D eigenvalue weighted by Crippen LogP contribution is -2.34. The first-order valence-corrected chi connectivity index (χ1v) is 10.5. The number of hydrogen-bond acceptors (Lipinski definition) is 6. The van der Waals surface area contributed by atoms with Gasteiger partial charge in [-0.05, 0) is 60.4 Å². The van der Waals surface area contributed by atoms with Gasteiger partial charge in [-0.1, -0.05) is 0 Å². The van der Waals surface area contributed by atoms with E-state index in [1.807, 2.05) is 12.3 Å². The number of ether oxygens (including phenoxy) is 1. The molecule has 3 aromatic heterocycles. The predicted molar refractivity (Wildman–Crippen MR) is 121 cm³/mol. The number of benzene rings is 1. The first kappa shape index (κ1) is 20.1. The van der Waals surface area contributed by atoms with Gasteiger partial charge in [-0.15, -0.1) is 0 Å². The van der Waals surface area contributed by atoms with Crippen LogP contribution in [0.5, 0.6) is 5.75 Å². The lowest BCUT2D eigenvalue weighted by Gasteiger charge is -2.37. The molecule has 0 saturated heterocycles. The van der Waals surface area contributed by atoms with E-state index in [9.17, 15) is 0 Å². The fourth-order valence-electron chi connectivity index (χ4n) is 4.30. The van der Waals surface area contributed by atoms with Gasteiger partial charge in [-0.3, -0.25) is 9.97 Å². The van der Waals surface area contributed by atoms with Crippen molar-refractivity contribution in [2.24, 2.45) is 0 Å². The van der Waals surface area contributed by atoms with Crippen LogP contribution in [0.3, 0.4) is 0 Å². The minimum Gasteiger partial charge on any atom is -0.496 e. The van der Waals surface area contributed by atoms with Crippen LogP contribution in [0.1, 0.15) is 24.1 Å². The quantitative estimate of drug-likeness (QED) is 0.463.